The molecule has 35 heavy (non-hydrogen) atoms. The third kappa shape index (κ3) is 5.85. The van der Waals surface area contributed by atoms with Crippen LogP contribution >= 0.6 is 0 Å². The van der Waals surface area contributed by atoms with Crippen molar-refractivity contribution in [3.63, 3.8) is 0 Å². The number of nitrogens with one attached hydrogen (secondary N) is 1. The van der Waals surface area contributed by atoms with E-state index in [0.717, 1.165) is 18.4 Å². The van der Waals surface area contributed by atoms with Gasteiger partial charge in [-0.05, 0) is 35.5 Å². The predicted molar refractivity (Wildman–Crippen MR) is 138 cm³/mol. The standard InChI is InChI=1S/C26H41N3O5Si/c1-16(2)35(17(3)4,18(5)6)34-23-10-21(9-20(23)12-30)29-26-22(11-27-15-28-26)25(31)24-8-19(13-32-7)14-33-24/h8,11,14-18,20-21,23,30H,9-10,12-13H2,1-7H3,(H,27,28,29)/t20-,21-,23+/m1/s1. The van der Waals surface area contributed by atoms with Gasteiger partial charge < -0.3 is 24.0 Å². The molecule has 0 aromatic carbocycles. The summed E-state index contributed by atoms with van der Waals surface area (Å²) < 4.78 is 17.6. The molecule has 2 heterocycles. The topological polar surface area (TPSA) is 107 Å². The second-order valence-corrected chi connectivity index (χ2v) is 16.0. The van der Waals surface area contributed by atoms with Crippen LogP contribution in [0.1, 0.15) is 76.1 Å². The minimum Gasteiger partial charge on any atom is -0.460 e. The number of carbonyl (C=O) groups excluding carboxylic acids is 1. The van der Waals surface area contributed by atoms with Crippen LogP contribution in [0.25, 0.3) is 0 Å². The molecule has 2 N–H and O–H groups in total. The zero-order valence-electron chi connectivity index (χ0n) is 22.1. The van der Waals surface area contributed by atoms with Gasteiger partial charge in [0.15, 0.2) is 5.76 Å². The summed E-state index contributed by atoms with van der Waals surface area (Å²) in [4.78, 5) is 21.6. The number of anilines is 1. The van der Waals surface area contributed by atoms with Gasteiger partial charge in [-0.25, -0.2) is 9.97 Å². The Morgan fingerprint density at radius 3 is 2.49 bits per heavy atom. The second kappa shape index (κ2) is 11.8. The molecule has 1 aliphatic carbocycles. The van der Waals surface area contributed by atoms with Gasteiger partial charge in [0.25, 0.3) is 0 Å². The Hall–Kier alpha value is -2.07. The second-order valence-electron chi connectivity index (χ2n) is 10.6. The number of ketones is 1. The molecule has 2 aromatic heterocycles. The fourth-order valence-electron chi connectivity index (χ4n) is 5.88. The van der Waals surface area contributed by atoms with E-state index >= 15 is 0 Å². The van der Waals surface area contributed by atoms with Crippen LogP contribution in [0.15, 0.2) is 29.3 Å². The smallest absolute Gasteiger partial charge is 0.233 e. The number of furan rings is 1. The van der Waals surface area contributed by atoms with E-state index in [0.29, 0.717) is 34.6 Å². The van der Waals surface area contributed by atoms with Crippen LogP contribution in [0.4, 0.5) is 5.82 Å². The van der Waals surface area contributed by atoms with E-state index in [-0.39, 0.29) is 36.2 Å². The van der Waals surface area contributed by atoms with E-state index in [1.54, 1.807) is 13.2 Å². The summed E-state index contributed by atoms with van der Waals surface area (Å²) in [5.74, 6) is 0.443. The van der Waals surface area contributed by atoms with Gasteiger partial charge in [-0.1, -0.05) is 41.5 Å². The summed E-state index contributed by atoms with van der Waals surface area (Å²) in [5.41, 5.74) is 2.55. The molecule has 0 bridgehead atoms. The van der Waals surface area contributed by atoms with Crippen molar-refractivity contribution in [3.8, 4) is 0 Å². The Labute approximate surface area is 210 Å². The Morgan fingerprint density at radius 2 is 1.89 bits per heavy atom. The fourth-order valence-corrected chi connectivity index (χ4v) is 11.5. The molecule has 194 valence electrons. The van der Waals surface area contributed by atoms with E-state index in [1.165, 1.54) is 18.8 Å². The molecule has 0 saturated heterocycles. The molecule has 1 fully saturated rings. The third-order valence-corrected chi connectivity index (χ3v) is 13.5. The molecule has 0 aliphatic heterocycles. The van der Waals surface area contributed by atoms with Crippen LogP contribution in [0, 0.1) is 5.92 Å². The van der Waals surface area contributed by atoms with Gasteiger partial charge in [-0.3, -0.25) is 4.79 Å². The van der Waals surface area contributed by atoms with Gasteiger partial charge in [0.1, 0.15) is 12.1 Å². The fraction of sp³-hybridized carbons (Fsp3) is 0.654. The minimum atomic E-state index is -2.09. The zero-order chi connectivity index (χ0) is 25.8. The molecule has 0 radical (unpaired) electrons. The Morgan fingerprint density at radius 1 is 1.20 bits per heavy atom. The number of ether oxygens (including phenoxy) is 1. The van der Waals surface area contributed by atoms with Gasteiger partial charge in [-0.15, -0.1) is 0 Å². The van der Waals surface area contributed by atoms with Crippen LogP contribution < -0.4 is 5.32 Å². The van der Waals surface area contributed by atoms with Gasteiger partial charge in [-0.2, -0.15) is 0 Å². The Balaban J connectivity index is 1.79. The SMILES string of the molecule is COCc1coc(C(=O)c2cncnc2N[C@@H]2C[C@H](CO)[C@@H](O[Si](C(C)C)(C(C)C)C(C)C)C2)c1. The lowest BCUT2D eigenvalue weighted by atomic mass is 10.1. The highest BCUT2D eigenvalue weighted by molar-refractivity contribution is 6.77. The molecule has 8 nitrogen and oxygen atoms in total. The molecule has 0 amide bonds. The summed E-state index contributed by atoms with van der Waals surface area (Å²) >= 11 is 0. The molecular weight excluding hydrogens is 462 g/mol. The minimum absolute atomic E-state index is 0.0254. The van der Waals surface area contributed by atoms with Crippen molar-refractivity contribution in [2.24, 2.45) is 5.92 Å². The highest BCUT2D eigenvalue weighted by Crippen LogP contribution is 2.46. The maximum atomic E-state index is 13.1. The third-order valence-electron chi connectivity index (χ3n) is 7.41. The average Bonchev–Trinajstić information content (AvgIpc) is 3.43. The zero-order valence-corrected chi connectivity index (χ0v) is 23.1. The first-order chi connectivity index (χ1) is 16.6. The Bertz CT molecular complexity index is 956. The molecule has 0 unspecified atom stereocenters. The normalized spacial score (nSPS) is 20.8. The van der Waals surface area contributed by atoms with Crippen LogP contribution in [-0.4, -0.2) is 55.0 Å². The molecule has 2 aromatic rings. The molecule has 1 saturated carbocycles. The summed E-state index contributed by atoms with van der Waals surface area (Å²) in [6.45, 7) is 14.1. The number of nitrogens with zero attached hydrogens (tertiary/aromatic N) is 2. The number of rotatable bonds is 12. The first-order valence-corrected chi connectivity index (χ1v) is 14.7. The number of methoxy groups -OCH3 is 1. The number of hydrogen-bond donors (Lipinski definition) is 2. The summed E-state index contributed by atoms with van der Waals surface area (Å²) in [7, 11) is -0.498. The lowest BCUT2D eigenvalue weighted by Gasteiger charge is -2.45. The summed E-state index contributed by atoms with van der Waals surface area (Å²) in [6.07, 6.45) is 5.93. The number of aromatic nitrogens is 2. The maximum absolute atomic E-state index is 13.1. The van der Waals surface area contributed by atoms with E-state index in [4.69, 9.17) is 13.6 Å². The van der Waals surface area contributed by atoms with Crippen molar-refractivity contribution >= 4 is 19.9 Å². The molecule has 3 rings (SSSR count). The van der Waals surface area contributed by atoms with Crippen molar-refractivity contribution in [2.45, 2.75) is 89.8 Å². The van der Waals surface area contributed by atoms with Crippen LogP contribution in [0.5, 0.6) is 0 Å². The first-order valence-electron chi connectivity index (χ1n) is 12.6. The highest BCUT2D eigenvalue weighted by atomic mass is 28.4. The number of carbonyl (C=O) groups is 1. The molecule has 9 heteroatoms. The van der Waals surface area contributed by atoms with Crippen molar-refractivity contribution in [1.82, 2.24) is 9.97 Å². The van der Waals surface area contributed by atoms with Gasteiger partial charge >= 0.3 is 0 Å². The van der Waals surface area contributed by atoms with Crippen LogP contribution in [0.2, 0.25) is 16.6 Å². The molecule has 3 atom stereocenters. The molecular formula is C26H41N3O5Si. The quantitative estimate of drug-likeness (QED) is 0.301. The maximum Gasteiger partial charge on any atom is 0.233 e. The van der Waals surface area contributed by atoms with E-state index in [2.05, 4.69) is 56.8 Å². The van der Waals surface area contributed by atoms with Crippen molar-refractivity contribution in [1.29, 1.82) is 0 Å². The monoisotopic (exact) mass is 503 g/mol. The summed E-state index contributed by atoms with van der Waals surface area (Å²) in [6, 6.07) is 1.70. The Kier molecular flexibility index (Phi) is 9.26. The van der Waals surface area contributed by atoms with Crippen molar-refractivity contribution in [2.75, 3.05) is 19.0 Å². The lowest BCUT2D eigenvalue weighted by molar-refractivity contribution is 0.0941. The number of aliphatic hydroxyl groups is 1. The van der Waals surface area contributed by atoms with Gasteiger partial charge in [0.05, 0.1) is 24.5 Å². The largest absolute Gasteiger partial charge is 0.460 e. The highest BCUT2D eigenvalue weighted by Gasteiger charge is 2.49. The first kappa shape index (κ1) is 27.5. The number of hydrogen-bond acceptors (Lipinski definition) is 8. The average molecular weight is 504 g/mol. The molecule has 1 aliphatic rings. The van der Waals surface area contributed by atoms with E-state index < -0.39 is 8.32 Å². The van der Waals surface area contributed by atoms with Gasteiger partial charge in [0.2, 0.25) is 14.1 Å². The van der Waals surface area contributed by atoms with Crippen LogP contribution in [0.3, 0.4) is 0 Å². The lowest BCUT2D eigenvalue weighted by Crippen LogP contribution is -2.51. The van der Waals surface area contributed by atoms with E-state index in [1.807, 2.05) is 0 Å². The predicted octanol–water partition coefficient (Wildman–Crippen LogP) is 5.19. The van der Waals surface area contributed by atoms with Gasteiger partial charge in [0, 0.05) is 37.4 Å². The summed E-state index contributed by atoms with van der Waals surface area (Å²) in [5, 5.41) is 13.6. The number of aliphatic hydroxyl groups excluding tert-OH is 1. The van der Waals surface area contributed by atoms with Crippen LogP contribution in [-0.2, 0) is 15.8 Å². The van der Waals surface area contributed by atoms with Crippen molar-refractivity contribution in [3.05, 3.63) is 41.7 Å². The van der Waals surface area contributed by atoms with Crippen molar-refractivity contribution < 1.29 is 23.5 Å². The molecule has 0 spiro atoms. The van der Waals surface area contributed by atoms with E-state index in [9.17, 15) is 9.90 Å².